The lowest BCUT2D eigenvalue weighted by Crippen LogP contribution is -2.22. The number of methoxy groups -OCH3 is 1. The van der Waals surface area contributed by atoms with Crippen molar-refractivity contribution < 1.29 is 28.6 Å². The molecule has 0 aromatic heterocycles. The van der Waals surface area contributed by atoms with E-state index in [1.165, 1.54) is 19.2 Å². The maximum absolute atomic E-state index is 12.1. The fourth-order valence-electron chi connectivity index (χ4n) is 2.19. The molecule has 0 bridgehead atoms. The molecule has 2 rings (SSSR count). The van der Waals surface area contributed by atoms with E-state index >= 15 is 0 Å². The molecule has 0 saturated heterocycles. The predicted molar refractivity (Wildman–Crippen MR) is 94.3 cm³/mol. The molecule has 26 heavy (non-hydrogen) atoms. The number of amides is 1. The lowest BCUT2D eigenvalue weighted by Gasteiger charge is -2.11. The Hall–Kier alpha value is -3.35. The highest BCUT2D eigenvalue weighted by Crippen LogP contribution is 2.19. The van der Waals surface area contributed by atoms with Crippen molar-refractivity contribution in [3.05, 3.63) is 59.7 Å². The normalized spacial score (nSPS) is 9.92. The van der Waals surface area contributed by atoms with Crippen LogP contribution in [0, 0.1) is 0 Å². The van der Waals surface area contributed by atoms with Crippen LogP contribution in [0.15, 0.2) is 48.5 Å². The van der Waals surface area contributed by atoms with Crippen LogP contribution >= 0.6 is 0 Å². The van der Waals surface area contributed by atoms with Gasteiger partial charge in [0.1, 0.15) is 11.3 Å². The topological polar surface area (TPSA) is 90.9 Å². The Morgan fingerprint density at radius 1 is 0.885 bits per heavy atom. The van der Waals surface area contributed by atoms with Gasteiger partial charge < -0.3 is 19.5 Å². The minimum absolute atomic E-state index is 0.217. The van der Waals surface area contributed by atoms with Crippen molar-refractivity contribution in [1.29, 1.82) is 0 Å². The van der Waals surface area contributed by atoms with Crippen LogP contribution in [0.4, 0.5) is 5.69 Å². The molecule has 1 N–H and O–H groups in total. The molecule has 0 saturated carbocycles. The SMILES string of the molecule is CCOC(=O)c1ccccc1NC(=O)COC(=O)c1ccccc1OC. The summed E-state index contributed by atoms with van der Waals surface area (Å²) < 4.78 is 15.0. The van der Waals surface area contributed by atoms with Crippen molar-refractivity contribution in [3.63, 3.8) is 0 Å². The quantitative estimate of drug-likeness (QED) is 0.766. The van der Waals surface area contributed by atoms with Crippen LogP contribution in [-0.2, 0) is 14.3 Å². The standard InChI is InChI=1S/C19H19NO6/c1-3-25-18(22)13-8-4-6-10-15(13)20-17(21)12-26-19(23)14-9-5-7-11-16(14)24-2/h4-11H,3,12H2,1-2H3,(H,20,21). The number of carbonyl (C=O) groups excluding carboxylic acids is 3. The summed E-state index contributed by atoms with van der Waals surface area (Å²) in [5, 5.41) is 2.54. The predicted octanol–water partition coefficient (Wildman–Crippen LogP) is 2.67. The minimum Gasteiger partial charge on any atom is -0.496 e. The van der Waals surface area contributed by atoms with Crippen molar-refractivity contribution in [2.24, 2.45) is 0 Å². The Morgan fingerprint density at radius 2 is 1.50 bits per heavy atom. The maximum Gasteiger partial charge on any atom is 0.342 e. The number of anilines is 1. The summed E-state index contributed by atoms with van der Waals surface area (Å²) in [4.78, 5) is 36.0. The molecule has 7 nitrogen and oxygen atoms in total. The third-order valence-corrected chi connectivity index (χ3v) is 3.36. The number of hydrogen-bond acceptors (Lipinski definition) is 6. The lowest BCUT2D eigenvalue weighted by molar-refractivity contribution is -0.119. The summed E-state index contributed by atoms with van der Waals surface area (Å²) in [5.41, 5.74) is 0.720. The van der Waals surface area contributed by atoms with Crippen LogP contribution in [0.3, 0.4) is 0 Å². The minimum atomic E-state index is -0.684. The number of hydrogen-bond donors (Lipinski definition) is 1. The van der Waals surface area contributed by atoms with Gasteiger partial charge in [-0.2, -0.15) is 0 Å². The molecule has 0 aliphatic rings. The monoisotopic (exact) mass is 357 g/mol. The average Bonchev–Trinajstić information content (AvgIpc) is 2.66. The van der Waals surface area contributed by atoms with E-state index in [1.807, 2.05) is 0 Å². The van der Waals surface area contributed by atoms with Crippen LogP contribution in [0.25, 0.3) is 0 Å². The molecule has 2 aromatic carbocycles. The van der Waals surface area contributed by atoms with E-state index in [1.54, 1.807) is 43.3 Å². The summed E-state index contributed by atoms with van der Waals surface area (Å²) in [5.74, 6) is -1.46. The summed E-state index contributed by atoms with van der Waals surface area (Å²) in [6, 6.07) is 13.0. The van der Waals surface area contributed by atoms with E-state index in [0.29, 0.717) is 5.75 Å². The van der Waals surface area contributed by atoms with Crippen LogP contribution in [0.2, 0.25) is 0 Å². The molecule has 0 spiro atoms. The van der Waals surface area contributed by atoms with Gasteiger partial charge >= 0.3 is 11.9 Å². The zero-order valence-corrected chi connectivity index (χ0v) is 14.5. The molecule has 0 heterocycles. The number of nitrogens with one attached hydrogen (secondary N) is 1. The van der Waals surface area contributed by atoms with E-state index < -0.39 is 24.5 Å². The molecule has 0 aliphatic heterocycles. The molecular weight excluding hydrogens is 338 g/mol. The highest BCUT2D eigenvalue weighted by molar-refractivity contribution is 6.02. The van der Waals surface area contributed by atoms with Gasteiger partial charge in [-0.1, -0.05) is 24.3 Å². The zero-order valence-electron chi connectivity index (χ0n) is 14.5. The van der Waals surface area contributed by atoms with Gasteiger partial charge in [-0.25, -0.2) is 9.59 Å². The summed E-state index contributed by atoms with van der Waals surface area (Å²) in [6.45, 7) is 1.40. The van der Waals surface area contributed by atoms with E-state index in [9.17, 15) is 14.4 Å². The smallest absolute Gasteiger partial charge is 0.342 e. The molecule has 2 aromatic rings. The maximum atomic E-state index is 12.1. The first kappa shape index (κ1) is 19.0. The van der Waals surface area contributed by atoms with E-state index in [4.69, 9.17) is 14.2 Å². The third-order valence-electron chi connectivity index (χ3n) is 3.36. The summed E-state index contributed by atoms with van der Waals surface area (Å²) in [6.07, 6.45) is 0. The number of rotatable bonds is 7. The van der Waals surface area contributed by atoms with Crippen molar-refractivity contribution >= 4 is 23.5 Å². The first-order valence-corrected chi connectivity index (χ1v) is 7.93. The molecule has 1 amide bonds. The van der Waals surface area contributed by atoms with Gasteiger partial charge in [0, 0.05) is 0 Å². The van der Waals surface area contributed by atoms with Crippen LogP contribution in [0.1, 0.15) is 27.6 Å². The molecule has 7 heteroatoms. The first-order valence-electron chi connectivity index (χ1n) is 7.93. The van der Waals surface area contributed by atoms with Crippen molar-refractivity contribution in [1.82, 2.24) is 0 Å². The number of esters is 2. The fourth-order valence-corrected chi connectivity index (χ4v) is 2.19. The highest BCUT2D eigenvalue weighted by atomic mass is 16.5. The Balaban J connectivity index is 1.99. The fraction of sp³-hybridized carbons (Fsp3) is 0.211. The van der Waals surface area contributed by atoms with E-state index in [-0.39, 0.29) is 23.4 Å². The van der Waals surface area contributed by atoms with Crippen LogP contribution < -0.4 is 10.1 Å². The average molecular weight is 357 g/mol. The molecule has 0 fully saturated rings. The molecule has 136 valence electrons. The number of benzene rings is 2. The second-order valence-corrected chi connectivity index (χ2v) is 5.09. The number of para-hydroxylation sites is 2. The Bertz CT molecular complexity index is 802. The molecular formula is C19H19NO6. The van der Waals surface area contributed by atoms with Gasteiger partial charge in [-0.05, 0) is 31.2 Å². The summed E-state index contributed by atoms with van der Waals surface area (Å²) in [7, 11) is 1.44. The largest absolute Gasteiger partial charge is 0.496 e. The van der Waals surface area contributed by atoms with E-state index in [2.05, 4.69) is 5.32 Å². The highest BCUT2D eigenvalue weighted by Gasteiger charge is 2.17. The molecule has 0 aliphatic carbocycles. The summed E-state index contributed by atoms with van der Waals surface area (Å²) >= 11 is 0. The third kappa shape index (κ3) is 4.83. The number of carbonyl (C=O) groups is 3. The zero-order chi connectivity index (χ0) is 18.9. The van der Waals surface area contributed by atoms with Gasteiger partial charge in [0.2, 0.25) is 0 Å². The van der Waals surface area contributed by atoms with Crippen molar-refractivity contribution in [2.75, 3.05) is 25.6 Å². The van der Waals surface area contributed by atoms with Gasteiger partial charge in [0.15, 0.2) is 6.61 Å². The number of ether oxygens (including phenoxy) is 3. The second-order valence-electron chi connectivity index (χ2n) is 5.09. The van der Waals surface area contributed by atoms with E-state index in [0.717, 1.165) is 0 Å². The lowest BCUT2D eigenvalue weighted by atomic mass is 10.2. The van der Waals surface area contributed by atoms with Gasteiger partial charge in [-0.3, -0.25) is 4.79 Å². The van der Waals surface area contributed by atoms with Crippen LogP contribution in [-0.4, -0.2) is 38.2 Å². The molecule has 0 unspecified atom stereocenters. The van der Waals surface area contributed by atoms with Gasteiger partial charge in [0.25, 0.3) is 5.91 Å². The van der Waals surface area contributed by atoms with Gasteiger partial charge in [-0.15, -0.1) is 0 Å². The van der Waals surface area contributed by atoms with Gasteiger partial charge in [0.05, 0.1) is 25.0 Å². The van der Waals surface area contributed by atoms with Crippen molar-refractivity contribution in [3.8, 4) is 5.75 Å². The Morgan fingerprint density at radius 3 is 2.19 bits per heavy atom. The molecule has 0 radical (unpaired) electrons. The Labute approximate surface area is 150 Å². The first-order chi connectivity index (χ1) is 12.6. The van der Waals surface area contributed by atoms with Crippen molar-refractivity contribution in [2.45, 2.75) is 6.92 Å². The van der Waals surface area contributed by atoms with Crippen LogP contribution in [0.5, 0.6) is 5.75 Å². The second kappa shape index (κ2) is 9.22. The Kier molecular flexibility index (Phi) is 6.73. The molecule has 0 atom stereocenters.